The molecule has 0 saturated carbocycles. The van der Waals surface area contributed by atoms with Gasteiger partial charge in [-0.2, -0.15) is 0 Å². The van der Waals surface area contributed by atoms with Gasteiger partial charge in [0.05, 0.1) is 0 Å². The van der Waals surface area contributed by atoms with Gasteiger partial charge < -0.3 is 0 Å². The van der Waals surface area contributed by atoms with Crippen molar-refractivity contribution in [3.05, 3.63) is 12.0 Å². The average molecular weight is 443 g/mol. The summed E-state index contributed by atoms with van der Waals surface area (Å²) >= 11 is -2.43. The third-order valence-corrected chi connectivity index (χ3v) is 21.1. The summed E-state index contributed by atoms with van der Waals surface area (Å²) in [5.74, 6) is 0.980. The summed E-state index contributed by atoms with van der Waals surface area (Å²) in [4.78, 5) is 4.75. The topological polar surface area (TPSA) is 36.3 Å². The van der Waals surface area contributed by atoms with Gasteiger partial charge in [-0.05, 0) is 0 Å². The average Bonchev–Trinajstić information content (AvgIpc) is 3.24. The monoisotopic (exact) mass is 444 g/mol. The molecular formula is C19H36N2O2Sn. The van der Waals surface area contributed by atoms with E-state index in [9.17, 15) is 0 Å². The van der Waals surface area contributed by atoms with E-state index >= 15 is 0 Å². The fourth-order valence-electron chi connectivity index (χ4n) is 3.95. The van der Waals surface area contributed by atoms with Crippen LogP contribution in [-0.2, 0) is 16.5 Å². The van der Waals surface area contributed by atoms with Crippen LogP contribution in [-0.4, -0.2) is 41.1 Å². The fourth-order valence-corrected chi connectivity index (χ4v) is 20.4. The number of aromatic nitrogens is 2. The summed E-state index contributed by atoms with van der Waals surface area (Å²) in [6, 6.07) is 0. The molecule has 0 spiro atoms. The molecule has 0 N–H and O–H groups in total. The predicted octanol–water partition coefficient (Wildman–Crippen LogP) is 4.52. The Morgan fingerprint density at radius 1 is 1.00 bits per heavy atom. The summed E-state index contributed by atoms with van der Waals surface area (Å²) in [7, 11) is 2.19. The van der Waals surface area contributed by atoms with Crippen LogP contribution >= 0.6 is 0 Å². The Morgan fingerprint density at radius 2 is 1.50 bits per heavy atom. The van der Waals surface area contributed by atoms with Crippen LogP contribution in [0.1, 0.15) is 71.4 Å². The second kappa shape index (κ2) is 10.2. The molecule has 4 nitrogen and oxygen atoms in total. The van der Waals surface area contributed by atoms with E-state index < -0.39 is 18.4 Å². The normalized spacial score (nSPS) is 16.2. The fraction of sp³-hybridized carbons (Fsp3) is 0.842. The van der Waals surface area contributed by atoms with Crippen molar-refractivity contribution >= 4 is 22.1 Å². The zero-order valence-electron chi connectivity index (χ0n) is 16.1. The Labute approximate surface area is 152 Å². The second-order valence-corrected chi connectivity index (χ2v) is 20.3. The standard InChI is InChI=1S/C7H9N2O2.3C4H9.Sn/c1-9-3-2-8-6(9)7-10-4-5-11-7;3*1-3-4-2;/h2,7H,4-5H2,1H3;3*1,3-4H2,2H3;. The molecule has 2 rings (SSSR count). The van der Waals surface area contributed by atoms with Gasteiger partial charge in [0.1, 0.15) is 0 Å². The van der Waals surface area contributed by atoms with Crippen molar-refractivity contribution in [1.82, 2.24) is 9.55 Å². The number of hydrogen-bond acceptors (Lipinski definition) is 3. The van der Waals surface area contributed by atoms with Crippen molar-refractivity contribution in [3.8, 4) is 0 Å². The maximum absolute atomic E-state index is 5.71. The van der Waals surface area contributed by atoms with Crippen molar-refractivity contribution in [2.75, 3.05) is 13.2 Å². The first-order valence-electron chi connectivity index (χ1n) is 9.93. The van der Waals surface area contributed by atoms with Crippen molar-refractivity contribution < 1.29 is 9.47 Å². The van der Waals surface area contributed by atoms with Gasteiger partial charge in [-0.25, -0.2) is 0 Å². The molecule has 1 aliphatic rings. The summed E-state index contributed by atoms with van der Waals surface area (Å²) in [6.07, 6.45) is 9.97. The number of rotatable bonds is 11. The van der Waals surface area contributed by atoms with Gasteiger partial charge >= 0.3 is 152 Å². The first kappa shape index (κ1) is 20.2. The Hall–Kier alpha value is -0.0713. The van der Waals surface area contributed by atoms with Crippen molar-refractivity contribution in [3.63, 3.8) is 0 Å². The van der Waals surface area contributed by atoms with Gasteiger partial charge in [-0.1, -0.05) is 0 Å². The van der Waals surface area contributed by atoms with E-state index in [0.717, 1.165) is 5.82 Å². The van der Waals surface area contributed by atoms with Crippen LogP contribution in [0.25, 0.3) is 0 Å². The summed E-state index contributed by atoms with van der Waals surface area (Å²) in [6.45, 7) is 8.34. The quantitative estimate of drug-likeness (QED) is 0.472. The molecule has 0 aliphatic carbocycles. The SMILES string of the molecule is CCC[CH2][Sn]([CH2]CCC)([CH2]CCC)[c]1cnc(C2OCCO2)n1C. The van der Waals surface area contributed by atoms with Crippen LogP contribution in [0.3, 0.4) is 0 Å². The molecule has 24 heavy (non-hydrogen) atoms. The van der Waals surface area contributed by atoms with E-state index in [1.165, 1.54) is 51.8 Å². The third kappa shape index (κ3) is 4.76. The molecule has 0 radical (unpaired) electrons. The summed E-state index contributed by atoms with van der Waals surface area (Å²) < 4.78 is 19.8. The molecule has 1 saturated heterocycles. The molecule has 1 aromatic rings. The van der Waals surface area contributed by atoms with E-state index in [1.807, 2.05) is 0 Å². The number of nitrogens with zero attached hydrogens (tertiary/aromatic N) is 2. The molecule has 0 aromatic carbocycles. The molecule has 5 heteroatoms. The first-order valence-corrected chi connectivity index (χ1v) is 17.4. The van der Waals surface area contributed by atoms with Crippen LogP contribution in [0.15, 0.2) is 6.20 Å². The van der Waals surface area contributed by atoms with Crippen LogP contribution in [0.5, 0.6) is 0 Å². The Morgan fingerprint density at radius 3 is 1.96 bits per heavy atom. The van der Waals surface area contributed by atoms with Gasteiger partial charge in [-0.3, -0.25) is 0 Å². The van der Waals surface area contributed by atoms with E-state index in [2.05, 4.69) is 38.6 Å². The summed E-state index contributed by atoms with van der Waals surface area (Å²) in [5, 5.41) is 0. The van der Waals surface area contributed by atoms with Crippen molar-refractivity contribution in [1.29, 1.82) is 0 Å². The number of ether oxygens (including phenoxy) is 2. The molecule has 1 fully saturated rings. The van der Waals surface area contributed by atoms with E-state index in [0.29, 0.717) is 13.2 Å². The number of imidazole rings is 1. The number of unbranched alkanes of at least 4 members (excludes halogenated alkanes) is 3. The van der Waals surface area contributed by atoms with Gasteiger partial charge in [-0.15, -0.1) is 0 Å². The molecule has 2 heterocycles. The zero-order chi connectivity index (χ0) is 17.4. The summed E-state index contributed by atoms with van der Waals surface area (Å²) in [5.41, 5.74) is 0. The van der Waals surface area contributed by atoms with Crippen molar-refractivity contribution in [2.24, 2.45) is 7.05 Å². The van der Waals surface area contributed by atoms with Crippen molar-refractivity contribution in [2.45, 2.75) is 78.9 Å². The first-order chi connectivity index (χ1) is 11.7. The van der Waals surface area contributed by atoms with Gasteiger partial charge in [0.15, 0.2) is 0 Å². The minimum atomic E-state index is -2.43. The zero-order valence-corrected chi connectivity index (χ0v) is 19.0. The molecule has 0 amide bonds. The molecule has 138 valence electrons. The van der Waals surface area contributed by atoms with Crippen LogP contribution in [0, 0.1) is 0 Å². The molecule has 0 bridgehead atoms. The van der Waals surface area contributed by atoms with Crippen LogP contribution in [0.4, 0.5) is 0 Å². The van der Waals surface area contributed by atoms with E-state index in [-0.39, 0.29) is 6.29 Å². The minimum absolute atomic E-state index is 0.253. The Bertz CT molecular complexity index is 462. The van der Waals surface area contributed by atoms with Gasteiger partial charge in [0.2, 0.25) is 0 Å². The number of hydrogen-bond donors (Lipinski definition) is 0. The van der Waals surface area contributed by atoms with E-state index in [1.54, 1.807) is 3.71 Å². The molecular weight excluding hydrogens is 407 g/mol. The third-order valence-electron chi connectivity index (χ3n) is 5.43. The second-order valence-electron chi connectivity index (χ2n) is 7.23. The Kier molecular flexibility index (Phi) is 8.58. The van der Waals surface area contributed by atoms with Crippen LogP contribution in [0.2, 0.25) is 13.3 Å². The Balaban J connectivity index is 2.32. The van der Waals surface area contributed by atoms with E-state index in [4.69, 9.17) is 14.5 Å². The molecule has 0 unspecified atom stereocenters. The van der Waals surface area contributed by atoms with Gasteiger partial charge in [0.25, 0.3) is 0 Å². The van der Waals surface area contributed by atoms with Crippen LogP contribution < -0.4 is 3.71 Å². The molecule has 1 aromatic heterocycles. The predicted molar refractivity (Wildman–Crippen MR) is 102 cm³/mol. The molecule has 1 aliphatic heterocycles. The maximum atomic E-state index is 5.71. The van der Waals surface area contributed by atoms with Gasteiger partial charge in [0, 0.05) is 0 Å². The molecule has 0 atom stereocenters.